The fourth-order valence-electron chi connectivity index (χ4n) is 1.65. The summed E-state index contributed by atoms with van der Waals surface area (Å²) in [5.41, 5.74) is 6.02. The monoisotopic (exact) mass is 344 g/mol. The molecule has 0 radical (unpaired) electrons. The number of nitrogens with zero attached hydrogens (tertiary/aromatic N) is 3. The molecule has 0 bridgehead atoms. The number of halogens is 4. The van der Waals surface area contributed by atoms with Gasteiger partial charge in [0, 0.05) is 6.20 Å². The highest BCUT2D eigenvalue weighted by Gasteiger charge is 2.27. The minimum atomic E-state index is -4.53. The minimum absolute atomic E-state index is 0.0557. The molecule has 0 unspecified atom stereocenters. The van der Waals surface area contributed by atoms with Gasteiger partial charge in [0.1, 0.15) is 12.4 Å². The summed E-state index contributed by atoms with van der Waals surface area (Å²) in [6.07, 6.45) is -2.22. The van der Waals surface area contributed by atoms with Crippen molar-refractivity contribution >= 4 is 17.5 Å². The first kappa shape index (κ1) is 17.4. The zero-order chi connectivity index (χ0) is 17.7. The lowest BCUT2D eigenvalue weighted by Crippen LogP contribution is -2.37. The molecule has 2 aromatic rings. The Bertz CT molecular complexity index is 737. The highest BCUT2D eigenvalue weighted by atomic mass is 19.4. The second-order valence-electron chi connectivity index (χ2n) is 4.57. The molecule has 4 N–H and O–H groups in total. The van der Waals surface area contributed by atoms with Gasteiger partial charge in [-0.05, 0) is 12.1 Å². The molecule has 0 saturated heterocycles. The van der Waals surface area contributed by atoms with E-state index >= 15 is 0 Å². The van der Waals surface area contributed by atoms with Gasteiger partial charge in [0.15, 0.2) is 17.5 Å². The summed E-state index contributed by atoms with van der Waals surface area (Å²) in [4.78, 5) is 22.8. The molecule has 1 amide bonds. The van der Waals surface area contributed by atoms with Gasteiger partial charge in [-0.3, -0.25) is 4.79 Å². The van der Waals surface area contributed by atoms with Gasteiger partial charge in [0.2, 0.25) is 5.91 Å². The number of carbonyl (C=O) groups is 1. The summed E-state index contributed by atoms with van der Waals surface area (Å²) in [5.74, 6) is -2.00. The lowest BCUT2D eigenvalue weighted by molar-refractivity contribution is -0.137. The zero-order valence-corrected chi connectivity index (χ0v) is 12.1. The summed E-state index contributed by atoms with van der Waals surface area (Å²) >= 11 is 0. The van der Waals surface area contributed by atoms with Crippen LogP contribution in [-0.4, -0.2) is 40.1 Å². The first-order valence-corrected chi connectivity index (χ1v) is 6.57. The van der Waals surface area contributed by atoms with Crippen molar-refractivity contribution in [2.45, 2.75) is 6.18 Å². The van der Waals surface area contributed by atoms with Crippen LogP contribution in [0.15, 0.2) is 24.5 Å². The van der Waals surface area contributed by atoms with Gasteiger partial charge in [-0.2, -0.15) is 13.2 Å². The molecule has 0 aliphatic heterocycles. The maximum Gasteiger partial charge on any atom is 0.405 e. The number of nitrogens with one attached hydrogen (secondary N) is 2. The van der Waals surface area contributed by atoms with E-state index in [2.05, 4.69) is 20.3 Å². The molecule has 0 fully saturated rings. The van der Waals surface area contributed by atoms with E-state index in [1.807, 2.05) is 0 Å². The molecule has 0 aliphatic carbocycles. The Kier molecular flexibility index (Phi) is 5.11. The third kappa shape index (κ3) is 4.76. The number of carbonyl (C=O) groups excluding carboxylic acids is 1. The van der Waals surface area contributed by atoms with E-state index in [1.165, 1.54) is 6.20 Å². The number of amides is 1. The lowest BCUT2D eigenvalue weighted by atomic mass is 10.2. The molecule has 24 heavy (non-hydrogen) atoms. The van der Waals surface area contributed by atoms with Crippen LogP contribution in [0.5, 0.6) is 0 Å². The Labute approximate surface area is 133 Å². The number of nitrogens with two attached hydrogens (primary N) is 1. The Morgan fingerprint density at radius 1 is 1.29 bits per heavy atom. The highest BCUT2D eigenvalue weighted by molar-refractivity contribution is 5.80. The molecule has 7 nitrogen and oxygen atoms in total. The molecular weight excluding hydrogens is 332 g/mol. The van der Waals surface area contributed by atoms with Gasteiger partial charge < -0.3 is 16.4 Å². The highest BCUT2D eigenvalue weighted by Crippen LogP contribution is 2.22. The van der Waals surface area contributed by atoms with Crippen LogP contribution in [-0.2, 0) is 4.79 Å². The molecule has 128 valence electrons. The van der Waals surface area contributed by atoms with Gasteiger partial charge in [0.05, 0.1) is 18.3 Å². The third-order valence-electron chi connectivity index (χ3n) is 2.73. The minimum Gasteiger partial charge on any atom is -0.383 e. The van der Waals surface area contributed by atoms with Crippen molar-refractivity contribution in [3.05, 3.63) is 30.3 Å². The van der Waals surface area contributed by atoms with E-state index in [0.717, 1.165) is 6.20 Å². The summed E-state index contributed by atoms with van der Waals surface area (Å²) in [5, 5.41) is 3.96. The Hall–Kier alpha value is -2.98. The number of pyridine rings is 1. The summed E-state index contributed by atoms with van der Waals surface area (Å²) in [6.45, 7) is -2.07. The normalized spacial score (nSPS) is 11.2. The number of hydrogen-bond acceptors (Lipinski definition) is 6. The molecule has 0 atom stereocenters. The molecule has 0 aliphatic rings. The predicted molar refractivity (Wildman–Crippen MR) is 77.2 cm³/mol. The predicted octanol–water partition coefficient (Wildman–Crippen LogP) is 1.35. The van der Waals surface area contributed by atoms with Crippen LogP contribution in [0.1, 0.15) is 0 Å². The Morgan fingerprint density at radius 2 is 2.04 bits per heavy atom. The maximum atomic E-state index is 13.7. The number of nitrogen functional groups attached to an aromatic ring is 1. The third-order valence-corrected chi connectivity index (χ3v) is 2.73. The quantitative estimate of drug-likeness (QED) is 0.707. The average molecular weight is 344 g/mol. The molecule has 2 heterocycles. The van der Waals surface area contributed by atoms with Gasteiger partial charge in [0.25, 0.3) is 0 Å². The molecule has 11 heteroatoms. The van der Waals surface area contributed by atoms with Crippen molar-refractivity contribution in [1.82, 2.24) is 20.3 Å². The fraction of sp³-hybridized carbons (Fsp3) is 0.231. The number of anilines is 2. The van der Waals surface area contributed by atoms with Crippen molar-refractivity contribution in [2.24, 2.45) is 0 Å². The Morgan fingerprint density at radius 3 is 2.71 bits per heavy atom. The van der Waals surface area contributed by atoms with Crippen LogP contribution in [0.4, 0.5) is 29.2 Å². The van der Waals surface area contributed by atoms with Crippen molar-refractivity contribution in [2.75, 3.05) is 24.1 Å². The van der Waals surface area contributed by atoms with Crippen LogP contribution >= 0.6 is 0 Å². The molecule has 0 aromatic carbocycles. The smallest absolute Gasteiger partial charge is 0.383 e. The largest absolute Gasteiger partial charge is 0.405 e. The Balaban J connectivity index is 2.07. The summed E-state index contributed by atoms with van der Waals surface area (Å²) in [7, 11) is 0. The first-order valence-electron chi connectivity index (χ1n) is 6.57. The first-order chi connectivity index (χ1) is 11.3. The number of aromatic nitrogens is 3. The molecule has 0 saturated carbocycles. The van der Waals surface area contributed by atoms with E-state index in [9.17, 15) is 22.4 Å². The maximum absolute atomic E-state index is 13.7. The molecule has 0 spiro atoms. The van der Waals surface area contributed by atoms with Gasteiger partial charge >= 0.3 is 6.18 Å². The SMILES string of the molecule is Nc1ncccc1-c1ncc(F)c(NCC(=O)NCC(F)(F)F)n1. The summed E-state index contributed by atoms with van der Waals surface area (Å²) < 4.78 is 49.6. The average Bonchev–Trinajstić information content (AvgIpc) is 2.52. The van der Waals surface area contributed by atoms with Gasteiger partial charge in [-0.25, -0.2) is 19.3 Å². The van der Waals surface area contributed by atoms with E-state index in [0.29, 0.717) is 5.56 Å². The van der Waals surface area contributed by atoms with Crippen molar-refractivity contribution < 1.29 is 22.4 Å². The molecular formula is C13H12F4N6O. The van der Waals surface area contributed by atoms with Gasteiger partial charge in [-0.1, -0.05) is 0 Å². The van der Waals surface area contributed by atoms with E-state index in [1.54, 1.807) is 17.4 Å². The topological polar surface area (TPSA) is 106 Å². The van der Waals surface area contributed by atoms with Crippen molar-refractivity contribution in [3.63, 3.8) is 0 Å². The molecule has 2 rings (SSSR count). The van der Waals surface area contributed by atoms with Crippen LogP contribution in [0.3, 0.4) is 0 Å². The summed E-state index contributed by atoms with van der Waals surface area (Å²) in [6, 6.07) is 3.14. The lowest BCUT2D eigenvalue weighted by Gasteiger charge is -2.10. The fourth-order valence-corrected chi connectivity index (χ4v) is 1.65. The van der Waals surface area contributed by atoms with E-state index in [-0.39, 0.29) is 17.5 Å². The second kappa shape index (κ2) is 7.06. The van der Waals surface area contributed by atoms with Crippen LogP contribution < -0.4 is 16.4 Å². The standard InChI is InChI=1S/C13H12F4N6O/c14-8-4-20-11(7-2-1-3-19-10(7)18)23-12(8)21-5-9(24)22-6-13(15,16)17/h1-4H,5-6H2,(H2,18,19)(H,22,24)(H,20,21,23). The van der Waals surface area contributed by atoms with Crippen LogP contribution in [0.25, 0.3) is 11.4 Å². The van der Waals surface area contributed by atoms with Crippen LogP contribution in [0, 0.1) is 5.82 Å². The van der Waals surface area contributed by atoms with Gasteiger partial charge in [-0.15, -0.1) is 0 Å². The van der Waals surface area contributed by atoms with Crippen molar-refractivity contribution in [1.29, 1.82) is 0 Å². The van der Waals surface area contributed by atoms with Crippen LogP contribution in [0.2, 0.25) is 0 Å². The van der Waals surface area contributed by atoms with E-state index < -0.39 is 31.0 Å². The number of alkyl halides is 3. The number of hydrogen-bond donors (Lipinski definition) is 3. The zero-order valence-electron chi connectivity index (χ0n) is 12.1. The van der Waals surface area contributed by atoms with E-state index in [4.69, 9.17) is 5.73 Å². The second-order valence-corrected chi connectivity index (χ2v) is 4.57. The van der Waals surface area contributed by atoms with Crippen molar-refractivity contribution in [3.8, 4) is 11.4 Å². The molecule has 2 aromatic heterocycles. The number of rotatable bonds is 5.